The maximum Gasteiger partial charge on any atom is 0.187 e. The Balaban J connectivity index is 0.902. The van der Waals surface area contributed by atoms with Gasteiger partial charge in [-0.15, -0.1) is 0 Å². The molecule has 518 valence electrons. The lowest BCUT2D eigenvalue weighted by Gasteiger charge is -2.71. The molecule has 5 aliphatic carbocycles. The maximum atomic E-state index is 15.9. The number of fused-ring (bicyclic) bond motifs is 7. The lowest BCUT2D eigenvalue weighted by atomic mass is 9.33. The number of rotatable bonds is 16. The van der Waals surface area contributed by atoms with E-state index < -0.39 is 256 Å². The number of Topliss-reactive ketones (excluding diaryl/α,β-unsaturated/α-hetero) is 1. The number of carbonyl (C=O) groups is 1. The topological polar surface area (TPSA) is 494 Å². The Morgan fingerprint density at radius 1 is 0.478 bits per heavy atom. The zero-order valence-electron chi connectivity index (χ0n) is 51.7. The SMILES string of the molecule is CC1(C)CC2C3=CCC4C5(C)CCC(OC6OC(COC7OC(CO)C(O)C(O)C7O)C(O)C(O)C6O)C(C)(C)C5CCC4(C)C3(C)CC(=O)C2(COC2OC(COC3OC(CO)C(O)C(O)C3O)C(O)C(O)C2OC2OC(CO)C(O)C(O)C2O)C(O)C1O. The van der Waals surface area contributed by atoms with E-state index in [1.807, 2.05) is 0 Å². The Kier molecular flexibility index (Phi) is 20.7. The molecule has 35 atom stereocenters. The van der Waals surface area contributed by atoms with Gasteiger partial charge >= 0.3 is 0 Å². The van der Waals surface area contributed by atoms with E-state index in [0.29, 0.717) is 32.1 Å². The summed E-state index contributed by atoms with van der Waals surface area (Å²) in [5.41, 5.74) is -4.54. The number of aliphatic hydroxyl groups excluding tert-OH is 19. The molecule has 0 radical (unpaired) electrons. The minimum absolute atomic E-state index is 0.0340. The first-order valence-electron chi connectivity index (χ1n) is 31.5. The minimum Gasteiger partial charge on any atom is -0.394 e. The smallest absolute Gasteiger partial charge is 0.187 e. The Labute approximate surface area is 520 Å². The second-order valence-electron chi connectivity index (χ2n) is 29.3. The van der Waals surface area contributed by atoms with Crippen molar-refractivity contribution in [3.05, 3.63) is 11.6 Å². The van der Waals surface area contributed by atoms with Crippen LogP contribution in [0.5, 0.6) is 0 Å². The third kappa shape index (κ3) is 11.6. The van der Waals surface area contributed by atoms with E-state index in [0.717, 1.165) is 5.57 Å². The summed E-state index contributed by atoms with van der Waals surface area (Å²) in [4.78, 5) is 15.9. The van der Waals surface area contributed by atoms with Crippen molar-refractivity contribution in [3.8, 4) is 0 Å². The molecule has 0 aromatic rings. The van der Waals surface area contributed by atoms with E-state index in [4.69, 9.17) is 47.4 Å². The van der Waals surface area contributed by atoms with E-state index in [1.165, 1.54) is 0 Å². The Morgan fingerprint density at radius 2 is 0.922 bits per heavy atom. The van der Waals surface area contributed by atoms with Crippen molar-refractivity contribution in [3.63, 3.8) is 0 Å². The van der Waals surface area contributed by atoms with Gasteiger partial charge in [-0.1, -0.05) is 60.1 Å². The summed E-state index contributed by atoms with van der Waals surface area (Å²) >= 11 is 0. The molecule has 10 rings (SSSR count). The lowest BCUT2D eigenvalue weighted by molar-refractivity contribution is -0.375. The molecule has 90 heavy (non-hydrogen) atoms. The van der Waals surface area contributed by atoms with Crippen LogP contribution in [-0.2, 0) is 52.2 Å². The fraction of sp³-hybridized carbons (Fsp3) is 0.950. The van der Waals surface area contributed by atoms with Crippen molar-refractivity contribution in [1.82, 2.24) is 0 Å². The van der Waals surface area contributed by atoms with Crippen molar-refractivity contribution >= 4 is 5.78 Å². The monoisotopic (exact) mass is 1300 g/mol. The van der Waals surface area contributed by atoms with Gasteiger partial charge in [0, 0.05) is 11.8 Å². The zero-order valence-corrected chi connectivity index (χ0v) is 51.7. The molecule has 5 saturated heterocycles. The van der Waals surface area contributed by atoms with Crippen molar-refractivity contribution < 1.29 is 149 Å². The van der Waals surface area contributed by atoms with E-state index in [-0.39, 0.29) is 24.7 Å². The maximum absolute atomic E-state index is 15.9. The normalized spacial score (nSPS) is 54.4. The second-order valence-corrected chi connectivity index (χ2v) is 29.3. The van der Waals surface area contributed by atoms with Crippen LogP contribution in [0, 0.1) is 50.2 Å². The van der Waals surface area contributed by atoms with Crippen LogP contribution < -0.4 is 0 Å². The average molecular weight is 1300 g/mol. The van der Waals surface area contributed by atoms with Gasteiger partial charge in [-0.3, -0.25) is 4.79 Å². The van der Waals surface area contributed by atoms with Crippen LogP contribution >= 0.6 is 0 Å². The van der Waals surface area contributed by atoms with Gasteiger partial charge in [-0.25, -0.2) is 0 Å². The quantitative estimate of drug-likeness (QED) is 0.0505. The molecule has 0 aromatic heterocycles. The molecule has 35 unspecified atom stereocenters. The highest BCUT2D eigenvalue weighted by atomic mass is 16.8. The molecule has 5 heterocycles. The summed E-state index contributed by atoms with van der Waals surface area (Å²) in [5.74, 6) is -1.35. The van der Waals surface area contributed by atoms with Crippen molar-refractivity contribution in [2.45, 2.75) is 265 Å². The molecule has 4 saturated carbocycles. The van der Waals surface area contributed by atoms with Crippen molar-refractivity contribution in [2.75, 3.05) is 39.6 Å². The van der Waals surface area contributed by atoms with Crippen LogP contribution in [0.4, 0.5) is 0 Å². The highest BCUT2D eigenvalue weighted by molar-refractivity contribution is 5.90. The number of ether oxygens (including phenoxy) is 10. The van der Waals surface area contributed by atoms with E-state index in [2.05, 4.69) is 40.7 Å². The van der Waals surface area contributed by atoms with Crippen LogP contribution in [0.25, 0.3) is 0 Å². The Hall–Kier alpha value is -1.75. The molecule has 0 aromatic carbocycles. The minimum atomic E-state index is -2.07. The standard InChI is InChI=1S/C60H98O30/c1-55(2)14-23-22-8-9-30-57(5)12-11-32(89-52-45(77)41(73)36(68)27(87-52)19-81-50-43(75)38(70)33(65)24(16-61)84-50)56(3,4)29(57)10-13-58(30,6)59(22,7)15-31(64)60(23,49(80)48(55)79)21-83-54-47(90-53-46(78)40(72)35(67)26(18-63)86-53)42(74)37(69)28(88-54)20-82-51-44(76)39(71)34(66)25(17-62)85-51/h8,23-30,32-54,61-63,65-80H,9-21H2,1-7H3. The first kappa shape index (κ1) is 71.0. The van der Waals surface area contributed by atoms with Crippen LogP contribution in [0.2, 0.25) is 0 Å². The van der Waals surface area contributed by atoms with Gasteiger partial charge < -0.3 is 144 Å². The second kappa shape index (κ2) is 26.2. The van der Waals surface area contributed by atoms with Gasteiger partial charge in [0.05, 0.1) is 63.4 Å². The molecular formula is C60H98O30. The van der Waals surface area contributed by atoms with Gasteiger partial charge in [0.1, 0.15) is 128 Å². The predicted molar refractivity (Wildman–Crippen MR) is 298 cm³/mol. The van der Waals surface area contributed by atoms with E-state index in [9.17, 15) is 97.0 Å². The van der Waals surface area contributed by atoms with Crippen molar-refractivity contribution in [1.29, 1.82) is 0 Å². The molecule has 30 heteroatoms. The van der Waals surface area contributed by atoms with Gasteiger partial charge in [-0.2, -0.15) is 0 Å². The average Bonchev–Trinajstić information content (AvgIpc) is 0.672. The first-order valence-corrected chi connectivity index (χ1v) is 31.5. The number of hydrogen-bond acceptors (Lipinski definition) is 30. The molecular weight excluding hydrogens is 1200 g/mol. The van der Waals surface area contributed by atoms with E-state index in [1.54, 1.807) is 13.8 Å². The van der Waals surface area contributed by atoms with Gasteiger partial charge in [0.2, 0.25) is 0 Å². The third-order valence-corrected chi connectivity index (χ3v) is 23.6. The summed E-state index contributed by atoms with van der Waals surface area (Å²) in [6.45, 7) is 9.93. The highest BCUT2D eigenvalue weighted by Gasteiger charge is 2.73. The number of aliphatic hydroxyl groups is 19. The molecule has 0 spiro atoms. The largest absolute Gasteiger partial charge is 0.394 e. The summed E-state index contributed by atoms with van der Waals surface area (Å²) in [6, 6.07) is 0. The third-order valence-electron chi connectivity index (χ3n) is 23.6. The zero-order chi connectivity index (χ0) is 66.0. The van der Waals surface area contributed by atoms with Gasteiger partial charge in [0.25, 0.3) is 0 Å². The number of allylic oxidation sites excluding steroid dienone is 2. The van der Waals surface area contributed by atoms with Crippen LogP contribution in [0.1, 0.15) is 93.4 Å². The number of carbonyl (C=O) groups excluding carboxylic acids is 1. The lowest BCUT2D eigenvalue weighted by Crippen LogP contribution is -2.71. The van der Waals surface area contributed by atoms with Crippen LogP contribution in [0.15, 0.2) is 11.6 Å². The summed E-state index contributed by atoms with van der Waals surface area (Å²) in [5, 5.41) is 206. The number of ketones is 1. The molecule has 30 nitrogen and oxygen atoms in total. The van der Waals surface area contributed by atoms with Crippen molar-refractivity contribution in [2.24, 2.45) is 50.2 Å². The van der Waals surface area contributed by atoms with Gasteiger partial charge in [0.15, 0.2) is 31.5 Å². The predicted octanol–water partition coefficient (Wildman–Crippen LogP) is -6.62. The molecule has 10 aliphatic rings. The van der Waals surface area contributed by atoms with Crippen LogP contribution in [0.3, 0.4) is 0 Å². The first-order chi connectivity index (χ1) is 42.1. The fourth-order valence-electron chi connectivity index (χ4n) is 17.8. The molecule has 0 bridgehead atoms. The highest BCUT2D eigenvalue weighted by Crippen LogP contribution is 2.75. The Bertz CT molecular complexity index is 2510. The Morgan fingerprint density at radius 3 is 1.43 bits per heavy atom. The molecule has 9 fully saturated rings. The molecule has 5 aliphatic heterocycles. The molecule has 19 N–H and O–H groups in total. The summed E-state index contributed by atoms with van der Waals surface area (Å²) < 4.78 is 59.5. The van der Waals surface area contributed by atoms with Crippen LogP contribution in [-0.4, -0.2) is 314 Å². The molecule has 0 amide bonds. The summed E-state index contributed by atoms with van der Waals surface area (Å²) in [6.07, 6.45) is -42.0. The number of hydrogen-bond donors (Lipinski definition) is 19. The van der Waals surface area contributed by atoms with E-state index >= 15 is 4.79 Å². The van der Waals surface area contributed by atoms with Gasteiger partial charge in [-0.05, 0) is 77.9 Å². The summed E-state index contributed by atoms with van der Waals surface area (Å²) in [7, 11) is 0. The fourth-order valence-corrected chi connectivity index (χ4v) is 17.8.